The minimum Gasteiger partial charge on any atom is -0.461 e. The summed E-state index contributed by atoms with van der Waals surface area (Å²) >= 11 is 0. The first-order chi connectivity index (χ1) is 6.84. The van der Waals surface area contributed by atoms with Crippen molar-refractivity contribution >= 4 is 5.69 Å². The van der Waals surface area contributed by atoms with Gasteiger partial charge in [-0.1, -0.05) is 0 Å². The maximum absolute atomic E-state index is 5.44. The zero-order chi connectivity index (χ0) is 9.80. The van der Waals surface area contributed by atoms with Crippen LogP contribution in [-0.2, 0) is 4.74 Å². The van der Waals surface area contributed by atoms with Crippen molar-refractivity contribution in [1.29, 1.82) is 0 Å². The van der Waals surface area contributed by atoms with Crippen LogP contribution in [0.3, 0.4) is 0 Å². The Hall–Kier alpha value is -1.36. The van der Waals surface area contributed by atoms with E-state index in [1.807, 2.05) is 0 Å². The Balaban J connectivity index is 1.82. The third-order valence-corrected chi connectivity index (χ3v) is 2.07. The van der Waals surface area contributed by atoms with E-state index in [-0.39, 0.29) is 6.10 Å². The average Bonchev–Trinajstić information content (AvgIpc) is 2.70. The fourth-order valence-corrected chi connectivity index (χ4v) is 1.34. The highest BCUT2D eigenvalue weighted by Gasteiger charge is 2.16. The lowest BCUT2D eigenvalue weighted by molar-refractivity contribution is 0.0645. The summed E-state index contributed by atoms with van der Waals surface area (Å²) in [5.41, 5.74) is 5.98. The fourth-order valence-electron chi connectivity index (χ4n) is 1.34. The van der Waals surface area contributed by atoms with Crippen LogP contribution in [0.4, 0.5) is 5.69 Å². The van der Waals surface area contributed by atoms with Crippen LogP contribution in [0.15, 0.2) is 12.4 Å². The third-order valence-electron chi connectivity index (χ3n) is 2.07. The number of nitrogens with two attached hydrogens (primary N) is 1. The predicted molar refractivity (Wildman–Crippen MR) is 50.9 cm³/mol. The molecule has 1 aromatic heterocycles. The second-order valence-corrected chi connectivity index (χ2v) is 3.25. The van der Waals surface area contributed by atoms with Crippen LogP contribution < -0.4 is 10.5 Å². The lowest BCUT2D eigenvalue weighted by Crippen LogP contribution is -2.17. The smallest absolute Gasteiger partial charge is 0.316 e. The summed E-state index contributed by atoms with van der Waals surface area (Å²) < 4.78 is 10.7. The number of rotatable bonds is 3. The van der Waals surface area contributed by atoms with Gasteiger partial charge in [0.2, 0.25) is 0 Å². The summed E-state index contributed by atoms with van der Waals surface area (Å²) in [7, 11) is 0. The molecule has 5 heteroatoms. The largest absolute Gasteiger partial charge is 0.461 e. The molecule has 2 N–H and O–H groups in total. The Labute approximate surface area is 82.3 Å². The van der Waals surface area contributed by atoms with E-state index in [1.165, 1.54) is 12.4 Å². The molecule has 0 radical (unpaired) electrons. The topological polar surface area (TPSA) is 70.3 Å². The molecule has 5 nitrogen and oxygen atoms in total. The van der Waals surface area contributed by atoms with E-state index in [0.717, 1.165) is 19.4 Å². The van der Waals surface area contributed by atoms with E-state index in [4.69, 9.17) is 15.2 Å². The molecule has 1 saturated heterocycles. The van der Waals surface area contributed by atoms with E-state index in [2.05, 4.69) is 9.97 Å². The van der Waals surface area contributed by atoms with Crippen molar-refractivity contribution in [3.63, 3.8) is 0 Å². The number of ether oxygens (including phenoxy) is 2. The molecule has 76 valence electrons. The highest BCUT2D eigenvalue weighted by atomic mass is 16.5. The zero-order valence-electron chi connectivity index (χ0n) is 7.85. The molecule has 0 bridgehead atoms. The lowest BCUT2D eigenvalue weighted by Gasteiger charge is -2.09. The quantitative estimate of drug-likeness (QED) is 0.765. The highest BCUT2D eigenvalue weighted by molar-refractivity contribution is 5.30. The molecule has 1 fully saturated rings. The first-order valence-corrected chi connectivity index (χ1v) is 4.66. The van der Waals surface area contributed by atoms with Gasteiger partial charge in [0.1, 0.15) is 6.61 Å². The number of aromatic nitrogens is 2. The summed E-state index contributed by atoms with van der Waals surface area (Å²) in [5.74, 6) is 0. The zero-order valence-corrected chi connectivity index (χ0v) is 7.85. The van der Waals surface area contributed by atoms with Crippen molar-refractivity contribution in [3.8, 4) is 6.01 Å². The second-order valence-electron chi connectivity index (χ2n) is 3.25. The van der Waals surface area contributed by atoms with E-state index in [1.54, 1.807) is 0 Å². The SMILES string of the molecule is Nc1cnc(OCC2CCCO2)nc1. The van der Waals surface area contributed by atoms with Gasteiger partial charge in [-0.15, -0.1) is 0 Å². The molecule has 0 aromatic carbocycles. The Morgan fingerprint density at radius 3 is 2.93 bits per heavy atom. The van der Waals surface area contributed by atoms with E-state index >= 15 is 0 Å². The predicted octanol–water partition coefficient (Wildman–Crippen LogP) is 0.617. The molecule has 2 rings (SSSR count). The number of hydrogen-bond acceptors (Lipinski definition) is 5. The van der Waals surface area contributed by atoms with Gasteiger partial charge in [-0.3, -0.25) is 0 Å². The first-order valence-electron chi connectivity index (χ1n) is 4.66. The molecule has 1 aliphatic heterocycles. The van der Waals surface area contributed by atoms with Gasteiger partial charge >= 0.3 is 6.01 Å². The van der Waals surface area contributed by atoms with Gasteiger partial charge in [-0.25, -0.2) is 9.97 Å². The Morgan fingerprint density at radius 1 is 1.50 bits per heavy atom. The standard InChI is InChI=1S/C9H13N3O2/c10-7-4-11-9(12-5-7)14-6-8-2-1-3-13-8/h4-5,8H,1-3,6,10H2. The third kappa shape index (κ3) is 2.32. The van der Waals surface area contributed by atoms with Crippen molar-refractivity contribution in [2.45, 2.75) is 18.9 Å². The Kier molecular flexibility index (Phi) is 2.78. The minimum atomic E-state index is 0.191. The van der Waals surface area contributed by atoms with Crippen LogP contribution in [0.25, 0.3) is 0 Å². The summed E-state index contributed by atoms with van der Waals surface area (Å²) in [5, 5.41) is 0. The summed E-state index contributed by atoms with van der Waals surface area (Å²) in [6.07, 6.45) is 5.40. The van der Waals surface area contributed by atoms with Gasteiger partial charge < -0.3 is 15.2 Å². The molecule has 14 heavy (non-hydrogen) atoms. The Morgan fingerprint density at radius 2 is 2.29 bits per heavy atom. The first kappa shape index (κ1) is 9.21. The molecule has 0 saturated carbocycles. The summed E-state index contributed by atoms with van der Waals surface area (Å²) in [6.45, 7) is 1.35. The fraction of sp³-hybridized carbons (Fsp3) is 0.556. The van der Waals surface area contributed by atoms with E-state index < -0.39 is 0 Å². The van der Waals surface area contributed by atoms with Crippen LogP contribution in [0.2, 0.25) is 0 Å². The molecule has 0 spiro atoms. The van der Waals surface area contributed by atoms with Crippen LogP contribution in [0.1, 0.15) is 12.8 Å². The van der Waals surface area contributed by atoms with Crippen LogP contribution >= 0.6 is 0 Å². The van der Waals surface area contributed by atoms with Gasteiger partial charge in [0.05, 0.1) is 24.2 Å². The van der Waals surface area contributed by atoms with Gasteiger partial charge in [-0.05, 0) is 12.8 Å². The van der Waals surface area contributed by atoms with Crippen LogP contribution in [-0.4, -0.2) is 29.3 Å². The maximum Gasteiger partial charge on any atom is 0.316 e. The molecule has 1 aliphatic rings. The molecule has 1 unspecified atom stereocenters. The van der Waals surface area contributed by atoms with Gasteiger partial charge in [0.15, 0.2) is 0 Å². The monoisotopic (exact) mass is 195 g/mol. The van der Waals surface area contributed by atoms with Crippen molar-refractivity contribution < 1.29 is 9.47 Å². The summed E-state index contributed by atoms with van der Waals surface area (Å²) in [4.78, 5) is 7.85. The van der Waals surface area contributed by atoms with Crippen molar-refractivity contribution in [3.05, 3.63) is 12.4 Å². The average molecular weight is 195 g/mol. The number of hydrogen-bond donors (Lipinski definition) is 1. The molecule has 2 heterocycles. The van der Waals surface area contributed by atoms with Crippen LogP contribution in [0.5, 0.6) is 6.01 Å². The highest BCUT2D eigenvalue weighted by Crippen LogP contribution is 2.13. The maximum atomic E-state index is 5.44. The lowest BCUT2D eigenvalue weighted by atomic mass is 10.2. The molecular weight excluding hydrogens is 182 g/mol. The number of nitrogens with zero attached hydrogens (tertiary/aromatic N) is 2. The van der Waals surface area contributed by atoms with Crippen molar-refractivity contribution in [1.82, 2.24) is 9.97 Å². The van der Waals surface area contributed by atoms with Gasteiger partial charge in [-0.2, -0.15) is 0 Å². The minimum absolute atomic E-state index is 0.191. The van der Waals surface area contributed by atoms with Gasteiger partial charge in [0.25, 0.3) is 0 Å². The molecule has 0 aliphatic carbocycles. The normalized spacial score (nSPS) is 21.0. The molecule has 1 atom stereocenters. The number of nitrogen functional groups attached to an aromatic ring is 1. The van der Waals surface area contributed by atoms with E-state index in [9.17, 15) is 0 Å². The molecular formula is C9H13N3O2. The van der Waals surface area contributed by atoms with Gasteiger partial charge in [0, 0.05) is 6.61 Å². The summed E-state index contributed by atoms with van der Waals surface area (Å²) in [6, 6.07) is 0.356. The van der Waals surface area contributed by atoms with E-state index in [0.29, 0.717) is 18.3 Å². The molecule has 1 aromatic rings. The Bertz CT molecular complexity index is 283. The molecule has 0 amide bonds. The second kappa shape index (κ2) is 4.23. The van der Waals surface area contributed by atoms with Crippen LogP contribution in [0, 0.1) is 0 Å². The number of anilines is 1. The van der Waals surface area contributed by atoms with Crippen molar-refractivity contribution in [2.24, 2.45) is 0 Å². The van der Waals surface area contributed by atoms with Crippen molar-refractivity contribution in [2.75, 3.05) is 18.9 Å².